The number of carbonyl (C=O) groups is 1. The first kappa shape index (κ1) is 26.6. The van der Waals surface area contributed by atoms with Crippen molar-refractivity contribution in [1.29, 1.82) is 0 Å². The second-order valence-corrected chi connectivity index (χ2v) is 10.9. The lowest BCUT2D eigenvalue weighted by molar-refractivity contribution is -0.0592. The zero-order valence-corrected chi connectivity index (χ0v) is 23.2. The van der Waals surface area contributed by atoms with Crippen LogP contribution >= 0.6 is 11.6 Å². The number of rotatable bonds is 9. The molecule has 0 amide bonds. The molecule has 0 saturated carbocycles. The minimum absolute atomic E-state index is 0.0150. The molecule has 2 aromatic carbocycles. The fourth-order valence-electron chi connectivity index (χ4n) is 5.39. The average molecular weight is 589 g/mol. The summed E-state index contributed by atoms with van der Waals surface area (Å²) >= 11 is 5.83. The van der Waals surface area contributed by atoms with Crippen LogP contribution in [0.25, 0.3) is 16.9 Å². The second kappa shape index (κ2) is 10.8. The Kier molecular flexibility index (Phi) is 6.85. The van der Waals surface area contributed by atoms with E-state index in [0.717, 1.165) is 43.0 Å². The van der Waals surface area contributed by atoms with E-state index in [1.807, 2.05) is 17.0 Å². The first-order chi connectivity index (χ1) is 20.4. The third-order valence-electron chi connectivity index (χ3n) is 7.66. The highest BCUT2D eigenvalue weighted by Gasteiger charge is 2.26. The van der Waals surface area contributed by atoms with Crippen molar-refractivity contribution in [2.75, 3.05) is 6.61 Å². The Hall–Kier alpha value is -4.32. The van der Waals surface area contributed by atoms with Crippen molar-refractivity contribution in [2.45, 2.75) is 45.3 Å². The fraction of sp³-hybridized carbons (Fsp3) is 0.267. The number of nitrogens with zero attached hydrogens (tertiary/aromatic N) is 6. The molecule has 1 atom stereocenters. The van der Waals surface area contributed by atoms with E-state index in [1.54, 1.807) is 42.6 Å². The molecule has 1 N–H and O–H groups in total. The number of halogens is 2. The van der Waals surface area contributed by atoms with E-state index >= 15 is 0 Å². The number of fused-ring (bicyclic) bond motifs is 2. The number of aromatic carboxylic acids is 1. The highest BCUT2D eigenvalue weighted by molar-refractivity contribution is 6.30. The van der Waals surface area contributed by atoms with Crippen molar-refractivity contribution >= 4 is 28.6 Å². The van der Waals surface area contributed by atoms with Gasteiger partial charge in [0, 0.05) is 54.9 Å². The van der Waals surface area contributed by atoms with E-state index in [4.69, 9.17) is 26.1 Å². The lowest BCUT2D eigenvalue weighted by Crippen LogP contribution is -2.32. The van der Waals surface area contributed by atoms with Crippen LogP contribution in [-0.4, -0.2) is 52.8 Å². The number of carboxylic acid groups (broad SMARTS) is 1. The van der Waals surface area contributed by atoms with Crippen molar-refractivity contribution in [3.8, 4) is 11.8 Å². The summed E-state index contributed by atoms with van der Waals surface area (Å²) in [5, 5.41) is 9.83. The Balaban J connectivity index is 1.06. The molecule has 0 aliphatic carbocycles. The molecule has 5 heterocycles. The molecule has 1 fully saturated rings. The summed E-state index contributed by atoms with van der Waals surface area (Å²) in [6.07, 6.45) is 6.79. The predicted molar refractivity (Wildman–Crippen MR) is 151 cm³/mol. The minimum atomic E-state index is -0.959. The van der Waals surface area contributed by atoms with Crippen LogP contribution in [0.5, 0.6) is 6.01 Å². The van der Waals surface area contributed by atoms with E-state index in [1.165, 1.54) is 17.2 Å². The Morgan fingerprint density at radius 1 is 1.12 bits per heavy atom. The van der Waals surface area contributed by atoms with Gasteiger partial charge < -0.3 is 23.7 Å². The van der Waals surface area contributed by atoms with Gasteiger partial charge in [0.05, 0.1) is 35.8 Å². The van der Waals surface area contributed by atoms with Gasteiger partial charge in [-0.15, -0.1) is 0 Å². The smallest absolute Gasteiger partial charge is 0.335 e. The molecule has 0 bridgehead atoms. The largest absolute Gasteiger partial charge is 0.478 e. The number of imidazole rings is 1. The van der Waals surface area contributed by atoms with Crippen molar-refractivity contribution in [1.82, 2.24) is 29.0 Å². The first-order valence-electron chi connectivity index (χ1n) is 13.6. The Morgan fingerprint density at radius 3 is 2.64 bits per heavy atom. The number of hydrogen-bond donors (Lipinski definition) is 1. The quantitative estimate of drug-likeness (QED) is 0.257. The van der Waals surface area contributed by atoms with Gasteiger partial charge in [-0.1, -0.05) is 17.7 Å². The van der Waals surface area contributed by atoms with E-state index < -0.39 is 11.8 Å². The molecule has 0 unspecified atom stereocenters. The van der Waals surface area contributed by atoms with Crippen molar-refractivity contribution in [3.63, 3.8) is 0 Å². The molecule has 3 aromatic heterocycles. The van der Waals surface area contributed by atoms with Gasteiger partial charge in [-0.25, -0.2) is 19.2 Å². The molecule has 2 aliphatic rings. The van der Waals surface area contributed by atoms with Crippen LogP contribution in [0.1, 0.15) is 39.3 Å². The van der Waals surface area contributed by atoms with Gasteiger partial charge in [0.2, 0.25) is 0 Å². The summed E-state index contributed by atoms with van der Waals surface area (Å²) in [7, 11) is 0. The van der Waals surface area contributed by atoms with Crippen molar-refractivity contribution in [2.24, 2.45) is 0 Å². The summed E-state index contributed by atoms with van der Waals surface area (Å²) < 4.78 is 29.5. The lowest BCUT2D eigenvalue weighted by Gasteiger charge is -2.28. The summed E-state index contributed by atoms with van der Waals surface area (Å²) in [5.74, 6) is 0.131. The van der Waals surface area contributed by atoms with Crippen LogP contribution in [0.2, 0.25) is 5.02 Å². The van der Waals surface area contributed by atoms with Crippen LogP contribution in [0.4, 0.5) is 4.39 Å². The molecule has 42 heavy (non-hydrogen) atoms. The maximum absolute atomic E-state index is 14.1. The van der Waals surface area contributed by atoms with Crippen LogP contribution < -0.4 is 4.74 Å². The van der Waals surface area contributed by atoms with Gasteiger partial charge in [-0.05, 0) is 47.9 Å². The molecule has 214 valence electrons. The predicted octanol–water partition coefficient (Wildman–Crippen LogP) is 4.99. The van der Waals surface area contributed by atoms with Crippen LogP contribution in [-0.2, 0) is 37.5 Å². The number of aromatic nitrogens is 5. The lowest BCUT2D eigenvalue weighted by atomic mass is 10.1. The van der Waals surface area contributed by atoms with Crippen molar-refractivity contribution < 1.29 is 23.8 Å². The Bertz CT molecular complexity index is 1790. The third kappa shape index (κ3) is 5.22. The zero-order chi connectivity index (χ0) is 28.8. The summed E-state index contributed by atoms with van der Waals surface area (Å²) in [5.41, 5.74) is 4.55. The standard InChI is InChI=1S/C30H26ClFN6O4/c31-22-3-1-19(24(32)10-22)17-42-30-33-7-5-27(35-30)37-13-20-11-36(12-21(20)14-37)16-28-34-25-4-2-18(29(39)40)9-26(25)38(28)15-23-6-8-41-23/h1-5,7,9-10,13-14,23H,6,8,11-12,15-17H2,(H,39,40)/t23-/m0/s1. The normalized spacial score (nSPS) is 16.5. The van der Waals surface area contributed by atoms with E-state index in [-0.39, 0.29) is 24.3 Å². The van der Waals surface area contributed by atoms with Gasteiger partial charge in [0.25, 0.3) is 0 Å². The van der Waals surface area contributed by atoms with Gasteiger partial charge in [0.15, 0.2) is 0 Å². The van der Waals surface area contributed by atoms with Crippen LogP contribution in [0, 0.1) is 5.82 Å². The Morgan fingerprint density at radius 2 is 1.93 bits per heavy atom. The zero-order valence-electron chi connectivity index (χ0n) is 22.4. The maximum atomic E-state index is 14.1. The number of benzene rings is 2. The topological polar surface area (TPSA) is 108 Å². The monoisotopic (exact) mass is 588 g/mol. The SMILES string of the molecule is O=C(O)c1ccc2nc(CN3Cc4cn(-c5ccnc(OCc6ccc(Cl)cc6F)n5)cc4C3)n(C[C@@H]3CCO3)c2c1. The van der Waals surface area contributed by atoms with Crippen molar-refractivity contribution in [3.05, 3.63) is 100.0 Å². The molecule has 1 saturated heterocycles. The molecule has 2 aliphatic heterocycles. The van der Waals surface area contributed by atoms with Gasteiger partial charge in [-0.3, -0.25) is 4.90 Å². The average Bonchev–Trinajstić information content (AvgIpc) is 3.61. The molecular weight excluding hydrogens is 563 g/mol. The molecule has 5 aromatic rings. The minimum Gasteiger partial charge on any atom is -0.478 e. The van der Waals surface area contributed by atoms with Gasteiger partial charge >= 0.3 is 12.0 Å². The van der Waals surface area contributed by atoms with Gasteiger partial charge in [-0.2, -0.15) is 4.98 Å². The molecule has 0 spiro atoms. The first-order valence-corrected chi connectivity index (χ1v) is 13.9. The summed E-state index contributed by atoms with van der Waals surface area (Å²) in [6, 6.07) is 11.4. The van der Waals surface area contributed by atoms with E-state index in [9.17, 15) is 14.3 Å². The highest BCUT2D eigenvalue weighted by Crippen LogP contribution is 2.29. The third-order valence-corrected chi connectivity index (χ3v) is 7.90. The number of ether oxygens (including phenoxy) is 2. The molecule has 10 nitrogen and oxygen atoms in total. The van der Waals surface area contributed by atoms with Crippen LogP contribution in [0.15, 0.2) is 61.1 Å². The number of hydrogen-bond acceptors (Lipinski definition) is 7. The Labute approximate surface area is 244 Å². The molecule has 7 rings (SSSR count). The summed E-state index contributed by atoms with van der Waals surface area (Å²) in [4.78, 5) is 27.4. The maximum Gasteiger partial charge on any atom is 0.335 e. The van der Waals surface area contributed by atoms with Crippen LogP contribution in [0.3, 0.4) is 0 Å². The second-order valence-electron chi connectivity index (χ2n) is 10.5. The highest BCUT2D eigenvalue weighted by atomic mass is 35.5. The van der Waals surface area contributed by atoms with Gasteiger partial charge in [0.1, 0.15) is 24.1 Å². The molecular formula is C30H26ClFN6O4. The fourth-order valence-corrected chi connectivity index (χ4v) is 5.55. The number of carboxylic acids is 1. The summed E-state index contributed by atoms with van der Waals surface area (Å²) in [6.45, 7) is 3.46. The van der Waals surface area contributed by atoms with E-state index in [2.05, 4.69) is 19.4 Å². The molecule has 12 heteroatoms. The van der Waals surface area contributed by atoms with E-state index in [0.29, 0.717) is 29.5 Å². The molecule has 0 radical (unpaired) electrons.